The molecule has 0 spiro atoms. The Balaban J connectivity index is 2.58. The van der Waals surface area contributed by atoms with Crippen LogP contribution in [-0.4, -0.2) is 9.78 Å². The summed E-state index contributed by atoms with van der Waals surface area (Å²) in [4.78, 5) is 0. The van der Waals surface area contributed by atoms with Crippen molar-refractivity contribution in [1.29, 1.82) is 0 Å². The molecule has 0 unspecified atom stereocenters. The second-order valence-corrected chi connectivity index (χ2v) is 4.76. The Hall–Kier alpha value is -0.510. The number of rotatable bonds is 1. The van der Waals surface area contributed by atoms with Crippen LogP contribution in [0.5, 0.6) is 0 Å². The van der Waals surface area contributed by atoms with E-state index in [1.54, 1.807) is 22.9 Å². The molecule has 2 nitrogen and oxygen atoms in total. The second kappa shape index (κ2) is 4.16. The van der Waals surface area contributed by atoms with E-state index in [1.807, 2.05) is 13.1 Å². The Labute approximate surface area is 106 Å². The molecule has 0 saturated heterocycles. The maximum atomic E-state index is 6.07. The lowest BCUT2D eigenvalue weighted by Gasteiger charge is -2.00. The number of benzene rings is 1. The van der Waals surface area contributed by atoms with Crippen molar-refractivity contribution in [1.82, 2.24) is 9.78 Å². The number of aromatic nitrogens is 2. The van der Waals surface area contributed by atoms with E-state index in [9.17, 15) is 0 Å². The zero-order valence-corrected chi connectivity index (χ0v) is 10.9. The van der Waals surface area contributed by atoms with Crippen LogP contribution >= 0.6 is 39.1 Å². The zero-order chi connectivity index (χ0) is 11.0. The van der Waals surface area contributed by atoms with Crippen LogP contribution in [-0.2, 0) is 7.05 Å². The van der Waals surface area contributed by atoms with E-state index in [-0.39, 0.29) is 0 Å². The van der Waals surface area contributed by atoms with Crippen molar-refractivity contribution in [3.05, 3.63) is 38.9 Å². The van der Waals surface area contributed by atoms with Crippen molar-refractivity contribution in [2.24, 2.45) is 7.05 Å². The fourth-order valence-electron chi connectivity index (χ4n) is 1.27. The first kappa shape index (κ1) is 11.0. The number of hydrogen-bond acceptors (Lipinski definition) is 1. The van der Waals surface area contributed by atoms with E-state index in [0.29, 0.717) is 10.0 Å². The molecule has 0 N–H and O–H groups in total. The van der Waals surface area contributed by atoms with Gasteiger partial charge >= 0.3 is 0 Å². The van der Waals surface area contributed by atoms with Crippen LogP contribution in [0.4, 0.5) is 0 Å². The van der Waals surface area contributed by atoms with Gasteiger partial charge < -0.3 is 0 Å². The fraction of sp³-hybridized carbons (Fsp3) is 0.100. The van der Waals surface area contributed by atoms with E-state index in [2.05, 4.69) is 21.0 Å². The van der Waals surface area contributed by atoms with Gasteiger partial charge in [-0.25, -0.2) is 0 Å². The average molecular weight is 306 g/mol. The van der Waals surface area contributed by atoms with Crippen molar-refractivity contribution >= 4 is 39.1 Å². The summed E-state index contributed by atoms with van der Waals surface area (Å²) >= 11 is 15.4. The largest absolute Gasteiger partial charge is 0.261 e. The lowest BCUT2D eigenvalue weighted by atomic mass is 10.1. The van der Waals surface area contributed by atoms with Crippen molar-refractivity contribution in [2.75, 3.05) is 0 Å². The highest BCUT2D eigenvalue weighted by Crippen LogP contribution is 2.30. The third kappa shape index (κ3) is 2.19. The van der Waals surface area contributed by atoms with Crippen LogP contribution in [0.3, 0.4) is 0 Å². The normalized spacial score (nSPS) is 10.7. The first-order valence-corrected chi connectivity index (χ1v) is 5.78. The smallest absolute Gasteiger partial charge is 0.104 e. The monoisotopic (exact) mass is 304 g/mol. The molecule has 0 radical (unpaired) electrons. The molecule has 1 aromatic heterocycles. The highest BCUT2D eigenvalue weighted by Gasteiger charge is 2.09. The molecule has 0 aliphatic heterocycles. The summed E-state index contributed by atoms with van der Waals surface area (Å²) < 4.78 is 2.63. The van der Waals surface area contributed by atoms with Gasteiger partial charge in [-0.3, -0.25) is 4.68 Å². The zero-order valence-electron chi connectivity index (χ0n) is 7.84. The molecule has 0 aliphatic carbocycles. The molecule has 0 atom stereocenters. The van der Waals surface area contributed by atoms with Gasteiger partial charge in [-0.2, -0.15) is 5.10 Å². The first-order valence-electron chi connectivity index (χ1n) is 4.23. The lowest BCUT2D eigenvalue weighted by Crippen LogP contribution is -1.90. The van der Waals surface area contributed by atoms with Gasteiger partial charge in [0.1, 0.15) is 4.60 Å². The molecule has 1 heterocycles. The maximum Gasteiger partial charge on any atom is 0.104 e. The summed E-state index contributed by atoms with van der Waals surface area (Å²) in [6, 6.07) is 7.23. The lowest BCUT2D eigenvalue weighted by molar-refractivity contribution is 0.752. The minimum absolute atomic E-state index is 0.644. The van der Waals surface area contributed by atoms with Gasteiger partial charge in [0, 0.05) is 17.6 Å². The minimum Gasteiger partial charge on any atom is -0.261 e. The van der Waals surface area contributed by atoms with Crippen LogP contribution in [0, 0.1) is 0 Å². The third-order valence-corrected chi connectivity index (χ3v) is 3.33. The van der Waals surface area contributed by atoms with Gasteiger partial charge in [0.2, 0.25) is 0 Å². The van der Waals surface area contributed by atoms with Crippen LogP contribution in [0.25, 0.3) is 11.3 Å². The minimum atomic E-state index is 0.644. The molecule has 78 valence electrons. The summed E-state index contributed by atoms with van der Waals surface area (Å²) in [5.74, 6) is 0. The first-order chi connectivity index (χ1) is 7.08. The number of halogens is 3. The summed E-state index contributed by atoms with van der Waals surface area (Å²) in [5.41, 5.74) is 1.64. The molecule has 1 aromatic carbocycles. The molecule has 0 aliphatic rings. The van der Waals surface area contributed by atoms with Crippen molar-refractivity contribution in [3.63, 3.8) is 0 Å². The van der Waals surface area contributed by atoms with E-state index in [1.165, 1.54) is 0 Å². The molecular formula is C10H7BrCl2N2. The average Bonchev–Trinajstić information content (AvgIpc) is 2.51. The molecular weight excluding hydrogens is 299 g/mol. The third-order valence-electron chi connectivity index (χ3n) is 2.03. The number of aryl methyl sites for hydroxylation is 1. The standard InChI is InChI=1S/C10H7BrCl2N2/c1-15-10(11)5-9(14-15)7-4-6(12)2-3-8(7)13/h2-5H,1H3. The molecule has 0 saturated carbocycles. The van der Waals surface area contributed by atoms with Gasteiger partial charge in [0.15, 0.2) is 0 Å². The Morgan fingerprint density at radius 2 is 2.00 bits per heavy atom. The molecule has 0 bridgehead atoms. The van der Waals surface area contributed by atoms with E-state index in [4.69, 9.17) is 23.2 Å². The van der Waals surface area contributed by atoms with Crippen molar-refractivity contribution in [3.8, 4) is 11.3 Å². The second-order valence-electron chi connectivity index (χ2n) is 3.10. The molecule has 2 rings (SSSR count). The van der Waals surface area contributed by atoms with Crippen LogP contribution in [0.15, 0.2) is 28.9 Å². The van der Waals surface area contributed by atoms with Gasteiger partial charge in [-0.1, -0.05) is 23.2 Å². The van der Waals surface area contributed by atoms with E-state index < -0.39 is 0 Å². The van der Waals surface area contributed by atoms with Crippen LogP contribution in [0.2, 0.25) is 10.0 Å². The Kier molecular flexibility index (Phi) is 3.05. The van der Waals surface area contributed by atoms with Crippen molar-refractivity contribution in [2.45, 2.75) is 0 Å². The van der Waals surface area contributed by atoms with Crippen LogP contribution in [0.1, 0.15) is 0 Å². The molecule has 0 amide bonds. The molecule has 5 heteroatoms. The quantitative estimate of drug-likeness (QED) is 0.773. The van der Waals surface area contributed by atoms with E-state index in [0.717, 1.165) is 15.9 Å². The Morgan fingerprint density at radius 1 is 1.27 bits per heavy atom. The summed E-state index contributed by atoms with van der Waals surface area (Å²) in [5, 5.41) is 5.60. The summed E-state index contributed by atoms with van der Waals surface area (Å²) in [6.45, 7) is 0. The van der Waals surface area contributed by atoms with Gasteiger partial charge in [-0.15, -0.1) is 0 Å². The molecule has 2 aromatic rings. The summed E-state index contributed by atoms with van der Waals surface area (Å²) in [6.07, 6.45) is 0. The SMILES string of the molecule is Cn1nc(-c2cc(Cl)ccc2Cl)cc1Br. The van der Waals surface area contributed by atoms with Gasteiger partial charge in [-0.05, 0) is 40.2 Å². The van der Waals surface area contributed by atoms with Crippen LogP contribution < -0.4 is 0 Å². The van der Waals surface area contributed by atoms with E-state index >= 15 is 0 Å². The number of hydrogen-bond donors (Lipinski definition) is 0. The number of nitrogens with zero attached hydrogens (tertiary/aromatic N) is 2. The van der Waals surface area contributed by atoms with Gasteiger partial charge in [0.25, 0.3) is 0 Å². The summed E-state index contributed by atoms with van der Waals surface area (Å²) in [7, 11) is 1.85. The fourth-order valence-corrected chi connectivity index (χ4v) is 1.95. The Bertz CT molecular complexity index is 489. The topological polar surface area (TPSA) is 17.8 Å². The van der Waals surface area contributed by atoms with Gasteiger partial charge in [0.05, 0.1) is 10.7 Å². The highest BCUT2D eigenvalue weighted by atomic mass is 79.9. The predicted molar refractivity (Wildman–Crippen MR) is 66.4 cm³/mol. The predicted octanol–water partition coefficient (Wildman–Crippen LogP) is 4.16. The Morgan fingerprint density at radius 3 is 2.60 bits per heavy atom. The molecule has 0 fully saturated rings. The maximum absolute atomic E-state index is 6.07. The molecule has 15 heavy (non-hydrogen) atoms. The van der Waals surface area contributed by atoms with Crippen molar-refractivity contribution < 1.29 is 0 Å². The highest BCUT2D eigenvalue weighted by molar-refractivity contribution is 9.10.